The number of aromatic nitrogens is 1. The highest BCUT2D eigenvalue weighted by molar-refractivity contribution is 6.05. The van der Waals surface area contributed by atoms with E-state index in [0.29, 0.717) is 22.6 Å². The number of nitrogens with zero attached hydrogens (tertiary/aromatic N) is 1. The van der Waals surface area contributed by atoms with Crippen LogP contribution in [0.15, 0.2) is 60.8 Å². The van der Waals surface area contributed by atoms with Crippen LogP contribution in [-0.2, 0) is 0 Å². The monoisotopic (exact) mass is 359 g/mol. The Morgan fingerprint density at radius 2 is 1.59 bits per heavy atom. The van der Waals surface area contributed by atoms with Gasteiger partial charge < -0.3 is 10.6 Å². The molecule has 2 N–H and O–H groups in total. The molecule has 0 saturated carbocycles. The molecule has 2 aromatic carbocycles. The van der Waals surface area contributed by atoms with Gasteiger partial charge in [0.05, 0.1) is 0 Å². The largest absolute Gasteiger partial charge is 0.340 e. The zero-order valence-electron chi connectivity index (χ0n) is 15.5. The molecule has 0 fully saturated rings. The van der Waals surface area contributed by atoms with Crippen LogP contribution in [0.1, 0.15) is 38.8 Å². The zero-order valence-corrected chi connectivity index (χ0v) is 15.5. The van der Waals surface area contributed by atoms with E-state index in [2.05, 4.69) is 15.6 Å². The molecule has 5 heteroatoms. The van der Waals surface area contributed by atoms with Gasteiger partial charge in [-0.25, -0.2) is 4.98 Å². The molecule has 1 amide bonds. The maximum absolute atomic E-state index is 12.6. The molecule has 0 atom stereocenters. The Bertz CT molecular complexity index is 992. The maximum atomic E-state index is 12.6. The zero-order chi connectivity index (χ0) is 19.4. The van der Waals surface area contributed by atoms with E-state index < -0.39 is 0 Å². The number of pyridine rings is 1. The van der Waals surface area contributed by atoms with E-state index in [4.69, 9.17) is 0 Å². The average Bonchev–Trinajstić information content (AvgIpc) is 2.65. The molecular formula is C22H21N3O2. The number of carbonyl (C=O) groups is 2. The van der Waals surface area contributed by atoms with Gasteiger partial charge in [-0.1, -0.05) is 30.3 Å². The van der Waals surface area contributed by atoms with Gasteiger partial charge in [0.25, 0.3) is 5.91 Å². The first-order valence-corrected chi connectivity index (χ1v) is 8.65. The molecule has 5 nitrogen and oxygen atoms in total. The fourth-order valence-corrected chi connectivity index (χ4v) is 2.80. The predicted octanol–water partition coefficient (Wildman–Crippen LogP) is 4.90. The third kappa shape index (κ3) is 4.39. The lowest BCUT2D eigenvalue weighted by Gasteiger charge is -2.13. The molecule has 136 valence electrons. The summed E-state index contributed by atoms with van der Waals surface area (Å²) in [6.07, 6.45) is 1.59. The van der Waals surface area contributed by atoms with Crippen LogP contribution in [0.5, 0.6) is 0 Å². The van der Waals surface area contributed by atoms with Crippen LogP contribution < -0.4 is 10.6 Å². The highest BCUT2D eigenvalue weighted by atomic mass is 16.1. The van der Waals surface area contributed by atoms with Gasteiger partial charge in [0.15, 0.2) is 5.78 Å². The Hall–Kier alpha value is -3.47. The van der Waals surface area contributed by atoms with Crippen molar-refractivity contribution in [3.05, 3.63) is 83.0 Å². The summed E-state index contributed by atoms with van der Waals surface area (Å²) in [5.74, 6) is 0.287. The Morgan fingerprint density at radius 3 is 2.30 bits per heavy atom. The number of Topliss-reactive ketones (excluding diaryl/α,β-unsaturated/α-hetero) is 1. The van der Waals surface area contributed by atoms with Crippen molar-refractivity contribution in [2.75, 3.05) is 10.6 Å². The van der Waals surface area contributed by atoms with Crippen molar-refractivity contribution in [1.29, 1.82) is 0 Å². The van der Waals surface area contributed by atoms with E-state index in [9.17, 15) is 9.59 Å². The SMILES string of the molecule is CC(=O)c1cccc(NC(=O)c2ccnc(Nc3c(C)cccc3C)c2)c1. The number of benzene rings is 2. The lowest BCUT2D eigenvalue weighted by atomic mass is 10.1. The third-order valence-corrected chi connectivity index (χ3v) is 4.28. The van der Waals surface area contributed by atoms with Gasteiger partial charge in [-0.15, -0.1) is 0 Å². The second kappa shape index (κ2) is 7.83. The second-order valence-corrected chi connectivity index (χ2v) is 6.41. The number of ketones is 1. The van der Waals surface area contributed by atoms with Gasteiger partial charge in [-0.3, -0.25) is 9.59 Å². The van der Waals surface area contributed by atoms with Crippen molar-refractivity contribution < 1.29 is 9.59 Å². The van der Waals surface area contributed by atoms with E-state index in [0.717, 1.165) is 16.8 Å². The first-order chi connectivity index (χ1) is 12.9. The molecule has 0 aliphatic rings. The topological polar surface area (TPSA) is 71.1 Å². The summed E-state index contributed by atoms with van der Waals surface area (Å²) in [6.45, 7) is 5.54. The van der Waals surface area contributed by atoms with Gasteiger partial charge in [-0.05, 0) is 56.2 Å². The van der Waals surface area contributed by atoms with E-state index in [-0.39, 0.29) is 11.7 Å². The maximum Gasteiger partial charge on any atom is 0.255 e. The second-order valence-electron chi connectivity index (χ2n) is 6.41. The quantitative estimate of drug-likeness (QED) is 0.636. The van der Waals surface area contributed by atoms with Crippen molar-refractivity contribution >= 4 is 28.9 Å². The first kappa shape index (κ1) is 18.3. The van der Waals surface area contributed by atoms with E-state index in [1.165, 1.54) is 6.92 Å². The smallest absolute Gasteiger partial charge is 0.255 e. The number of hydrogen-bond acceptors (Lipinski definition) is 4. The van der Waals surface area contributed by atoms with Crippen molar-refractivity contribution in [3.63, 3.8) is 0 Å². The molecule has 3 aromatic rings. The summed E-state index contributed by atoms with van der Waals surface area (Å²) in [5.41, 5.74) is 4.80. The lowest BCUT2D eigenvalue weighted by molar-refractivity contribution is 0.101. The molecular weight excluding hydrogens is 338 g/mol. The molecule has 1 aromatic heterocycles. The fourth-order valence-electron chi connectivity index (χ4n) is 2.80. The number of rotatable bonds is 5. The first-order valence-electron chi connectivity index (χ1n) is 8.65. The standard InChI is InChI=1S/C22H21N3O2/c1-14-6-4-7-15(2)21(14)25-20-13-18(10-11-23-20)22(27)24-19-9-5-8-17(12-19)16(3)26/h4-13H,1-3H3,(H,23,25)(H,24,27). The molecule has 0 unspecified atom stereocenters. The Labute approximate surface area is 158 Å². The van der Waals surface area contributed by atoms with Crippen LogP contribution in [0.25, 0.3) is 0 Å². The highest BCUT2D eigenvalue weighted by Crippen LogP contribution is 2.23. The number of hydrogen-bond donors (Lipinski definition) is 2. The van der Waals surface area contributed by atoms with Crippen LogP contribution >= 0.6 is 0 Å². The summed E-state index contributed by atoms with van der Waals surface area (Å²) in [5, 5.41) is 6.11. The molecule has 27 heavy (non-hydrogen) atoms. The van der Waals surface area contributed by atoms with E-state index >= 15 is 0 Å². The number of para-hydroxylation sites is 1. The van der Waals surface area contributed by atoms with Crippen molar-refractivity contribution in [2.45, 2.75) is 20.8 Å². The van der Waals surface area contributed by atoms with E-state index in [1.807, 2.05) is 32.0 Å². The lowest BCUT2D eigenvalue weighted by Crippen LogP contribution is -2.13. The van der Waals surface area contributed by atoms with Crippen molar-refractivity contribution in [3.8, 4) is 0 Å². The van der Waals surface area contributed by atoms with Crippen LogP contribution in [0.2, 0.25) is 0 Å². The molecule has 0 bridgehead atoms. The van der Waals surface area contributed by atoms with Crippen LogP contribution in [0.3, 0.4) is 0 Å². The molecule has 0 radical (unpaired) electrons. The van der Waals surface area contributed by atoms with Crippen molar-refractivity contribution in [1.82, 2.24) is 4.98 Å². The number of anilines is 3. The molecule has 0 saturated heterocycles. The van der Waals surface area contributed by atoms with Crippen LogP contribution in [-0.4, -0.2) is 16.7 Å². The Balaban J connectivity index is 1.80. The predicted molar refractivity (Wildman–Crippen MR) is 108 cm³/mol. The average molecular weight is 359 g/mol. The molecule has 0 aliphatic heterocycles. The molecule has 0 aliphatic carbocycles. The van der Waals surface area contributed by atoms with Crippen molar-refractivity contribution in [2.24, 2.45) is 0 Å². The van der Waals surface area contributed by atoms with Gasteiger partial charge >= 0.3 is 0 Å². The van der Waals surface area contributed by atoms with Gasteiger partial charge in [0, 0.05) is 28.7 Å². The Morgan fingerprint density at radius 1 is 0.889 bits per heavy atom. The van der Waals surface area contributed by atoms with Crippen LogP contribution in [0.4, 0.5) is 17.2 Å². The number of carbonyl (C=O) groups excluding carboxylic acids is 2. The molecule has 3 rings (SSSR count). The van der Waals surface area contributed by atoms with E-state index in [1.54, 1.807) is 42.6 Å². The summed E-state index contributed by atoms with van der Waals surface area (Å²) in [7, 11) is 0. The van der Waals surface area contributed by atoms with Crippen LogP contribution in [0, 0.1) is 13.8 Å². The number of aryl methyl sites for hydroxylation is 2. The number of nitrogens with one attached hydrogen (secondary N) is 2. The summed E-state index contributed by atoms with van der Waals surface area (Å²) in [6, 6.07) is 16.3. The van der Waals surface area contributed by atoms with Gasteiger partial charge in [0.1, 0.15) is 5.82 Å². The fraction of sp³-hybridized carbons (Fsp3) is 0.136. The number of amides is 1. The minimum absolute atomic E-state index is 0.0462. The molecule has 1 heterocycles. The highest BCUT2D eigenvalue weighted by Gasteiger charge is 2.10. The minimum Gasteiger partial charge on any atom is -0.340 e. The summed E-state index contributed by atoms with van der Waals surface area (Å²) in [4.78, 5) is 28.4. The normalized spacial score (nSPS) is 10.3. The summed E-state index contributed by atoms with van der Waals surface area (Å²) < 4.78 is 0. The minimum atomic E-state index is -0.261. The van der Waals surface area contributed by atoms with Gasteiger partial charge in [-0.2, -0.15) is 0 Å². The Kier molecular flexibility index (Phi) is 5.31. The van der Waals surface area contributed by atoms with Gasteiger partial charge in [0.2, 0.25) is 0 Å². The summed E-state index contributed by atoms with van der Waals surface area (Å²) >= 11 is 0. The molecule has 0 spiro atoms. The third-order valence-electron chi connectivity index (χ3n) is 4.28.